The largest absolute Gasteiger partial charge is 0.383 e. The zero-order valence-corrected chi connectivity index (χ0v) is 29.2. The number of nitrogens with one attached hydrogen (secondary N) is 1. The summed E-state index contributed by atoms with van der Waals surface area (Å²) in [6.45, 7) is 5.27. The number of nitrogens with zero attached hydrogens (tertiary/aromatic N) is 5. The van der Waals surface area contributed by atoms with E-state index in [1.54, 1.807) is 23.1 Å². The van der Waals surface area contributed by atoms with E-state index >= 15 is 0 Å². The summed E-state index contributed by atoms with van der Waals surface area (Å²) in [4.78, 5) is 55.3. The number of aliphatic imine (C=N–C) groups is 1. The molecule has 10 nitrogen and oxygen atoms in total. The third kappa shape index (κ3) is 8.40. The number of likely N-dealkylation sites (tertiary alicyclic amines) is 1. The van der Waals surface area contributed by atoms with E-state index in [1.165, 1.54) is 11.8 Å². The fraction of sp³-hybridized carbons (Fsp3) is 0.308. The molecule has 2 saturated heterocycles. The minimum absolute atomic E-state index is 0.0466. The molecular formula is C39H42N6O4S. The summed E-state index contributed by atoms with van der Waals surface area (Å²) in [6.07, 6.45) is 3.40. The van der Waals surface area contributed by atoms with Crippen LogP contribution in [0.5, 0.6) is 0 Å². The number of likely N-dealkylation sites (N-methyl/N-ethyl adjacent to an activating group) is 1. The van der Waals surface area contributed by atoms with Gasteiger partial charge in [0.25, 0.3) is 0 Å². The molecule has 3 aromatic carbocycles. The third-order valence-corrected chi connectivity index (χ3v) is 10.2. The third-order valence-electron chi connectivity index (χ3n) is 8.93. The van der Waals surface area contributed by atoms with E-state index in [0.29, 0.717) is 37.0 Å². The number of methoxy groups -OCH3 is 1. The van der Waals surface area contributed by atoms with Gasteiger partial charge in [0.15, 0.2) is 5.17 Å². The summed E-state index contributed by atoms with van der Waals surface area (Å²) in [5.41, 5.74) is 4.95. The summed E-state index contributed by atoms with van der Waals surface area (Å²) in [7, 11) is 1.70. The first kappa shape index (κ1) is 34.8. The molecule has 50 heavy (non-hydrogen) atoms. The van der Waals surface area contributed by atoms with E-state index in [-0.39, 0.29) is 24.1 Å². The van der Waals surface area contributed by atoms with Gasteiger partial charge < -0.3 is 19.9 Å². The number of amidine groups is 1. The highest BCUT2D eigenvalue weighted by molar-refractivity contribution is 8.15. The van der Waals surface area contributed by atoms with Gasteiger partial charge in [-0.25, -0.2) is 4.99 Å². The van der Waals surface area contributed by atoms with Crippen LogP contribution in [0.15, 0.2) is 108 Å². The Balaban J connectivity index is 1.15. The van der Waals surface area contributed by atoms with Crippen LogP contribution < -0.4 is 10.2 Å². The maximum atomic E-state index is 13.9. The number of rotatable bonds is 13. The molecule has 0 spiro atoms. The van der Waals surface area contributed by atoms with Gasteiger partial charge in [-0.1, -0.05) is 60.3 Å². The fourth-order valence-electron chi connectivity index (χ4n) is 6.25. The van der Waals surface area contributed by atoms with E-state index in [2.05, 4.69) is 22.1 Å². The van der Waals surface area contributed by atoms with Crippen LogP contribution in [0.2, 0.25) is 0 Å². The van der Waals surface area contributed by atoms with Crippen LogP contribution in [0.4, 0.5) is 17.1 Å². The van der Waals surface area contributed by atoms with Gasteiger partial charge in [0.05, 0.1) is 31.0 Å². The number of thioether (sulfide) groups is 1. The number of pyridine rings is 1. The van der Waals surface area contributed by atoms with Crippen molar-refractivity contribution in [1.82, 2.24) is 14.8 Å². The highest BCUT2D eigenvalue weighted by Crippen LogP contribution is 2.41. The quantitative estimate of drug-likeness (QED) is 0.177. The number of carbonyl (C=O) groups is 3. The second-order valence-electron chi connectivity index (χ2n) is 12.2. The molecule has 0 saturated carbocycles. The van der Waals surface area contributed by atoms with Crippen molar-refractivity contribution in [2.75, 3.05) is 43.6 Å². The van der Waals surface area contributed by atoms with Crippen molar-refractivity contribution in [1.29, 1.82) is 0 Å². The van der Waals surface area contributed by atoms with Crippen molar-refractivity contribution in [3.63, 3.8) is 0 Å². The van der Waals surface area contributed by atoms with Crippen LogP contribution in [0, 0.1) is 0 Å². The average Bonchev–Trinajstić information content (AvgIpc) is 3.76. The summed E-state index contributed by atoms with van der Waals surface area (Å²) in [5.74, 6) is -0.330. The Kier molecular flexibility index (Phi) is 11.6. The zero-order valence-electron chi connectivity index (χ0n) is 28.4. The molecule has 258 valence electrons. The van der Waals surface area contributed by atoms with E-state index < -0.39 is 11.3 Å². The van der Waals surface area contributed by atoms with Gasteiger partial charge in [-0.15, -0.1) is 0 Å². The molecule has 3 amide bonds. The van der Waals surface area contributed by atoms with Gasteiger partial charge in [-0.2, -0.15) is 0 Å². The maximum Gasteiger partial charge on any atom is 0.247 e. The SMILES string of the molecule is CCN(CCOC)c1ccc(/N=C2\SC(c3ccc(NC(=O)[C@@H]4CCCN4C(=O)Cc4ccccc4)cc3)C(=O)N2Cc2ccccn2)cc1. The molecule has 0 radical (unpaired) electrons. The lowest BCUT2D eigenvalue weighted by atomic mass is 10.1. The molecule has 2 aliphatic rings. The van der Waals surface area contributed by atoms with Gasteiger partial charge >= 0.3 is 0 Å². The Morgan fingerprint density at radius 2 is 1.76 bits per heavy atom. The number of benzene rings is 3. The fourth-order valence-corrected chi connectivity index (χ4v) is 7.42. The molecule has 2 atom stereocenters. The van der Waals surface area contributed by atoms with Crippen LogP contribution in [0.1, 0.15) is 41.8 Å². The van der Waals surface area contributed by atoms with Crippen molar-refractivity contribution < 1.29 is 19.1 Å². The molecule has 3 heterocycles. The number of ether oxygens (including phenoxy) is 1. The van der Waals surface area contributed by atoms with Gasteiger partial charge in [0, 0.05) is 44.3 Å². The Hall–Kier alpha value is -5.00. The smallest absolute Gasteiger partial charge is 0.247 e. The molecular weight excluding hydrogens is 649 g/mol. The Labute approximate surface area is 297 Å². The molecule has 1 N–H and O–H groups in total. The van der Waals surface area contributed by atoms with Crippen molar-refractivity contribution in [3.05, 3.63) is 120 Å². The van der Waals surface area contributed by atoms with Crippen molar-refractivity contribution in [3.8, 4) is 0 Å². The monoisotopic (exact) mass is 690 g/mol. The lowest BCUT2D eigenvalue weighted by Gasteiger charge is -2.24. The number of amides is 3. The highest BCUT2D eigenvalue weighted by Gasteiger charge is 2.39. The predicted molar refractivity (Wildman–Crippen MR) is 198 cm³/mol. The lowest BCUT2D eigenvalue weighted by molar-refractivity contribution is -0.136. The van der Waals surface area contributed by atoms with Crippen molar-refractivity contribution in [2.24, 2.45) is 4.99 Å². The van der Waals surface area contributed by atoms with E-state index in [0.717, 1.165) is 47.7 Å². The van der Waals surface area contributed by atoms with Gasteiger partial charge in [-0.3, -0.25) is 24.3 Å². The predicted octanol–water partition coefficient (Wildman–Crippen LogP) is 6.23. The standard InChI is InChI=1S/C39H42N6O4S/c1-3-43(24-25-49-2)33-20-18-31(19-21-33)42-39-45(27-32-12-7-8-22-40-32)38(48)36(50-39)29-14-16-30(17-15-29)41-37(47)34-13-9-23-44(34)35(46)26-28-10-5-4-6-11-28/h4-8,10-12,14-22,34,36H,3,9,13,23-27H2,1-2H3,(H,41,47)/b42-39-/t34-,36?/m0/s1. The van der Waals surface area contributed by atoms with Crippen LogP contribution in [-0.4, -0.2) is 77.1 Å². The van der Waals surface area contributed by atoms with E-state index in [1.807, 2.05) is 97.1 Å². The number of carbonyl (C=O) groups excluding carboxylic acids is 3. The molecule has 1 unspecified atom stereocenters. The second-order valence-corrected chi connectivity index (χ2v) is 13.3. The Morgan fingerprint density at radius 3 is 2.46 bits per heavy atom. The summed E-state index contributed by atoms with van der Waals surface area (Å²) in [5, 5.41) is 3.09. The molecule has 6 rings (SSSR count). The topological polar surface area (TPSA) is 107 Å². The van der Waals surface area contributed by atoms with Gasteiger partial charge in [0.1, 0.15) is 11.3 Å². The maximum absolute atomic E-state index is 13.9. The number of anilines is 2. The molecule has 1 aromatic heterocycles. The summed E-state index contributed by atoms with van der Waals surface area (Å²) >= 11 is 1.40. The van der Waals surface area contributed by atoms with E-state index in [4.69, 9.17) is 9.73 Å². The average molecular weight is 691 g/mol. The van der Waals surface area contributed by atoms with Crippen LogP contribution >= 0.6 is 11.8 Å². The molecule has 0 aliphatic carbocycles. The molecule has 11 heteroatoms. The first-order valence-corrected chi connectivity index (χ1v) is 17.9. The zero-order chi connectivity index (χ0) is 34.9. The normalized spacial score (nSPS) is 18.1. The molecule has 0 bridgehead atoms. The molecule has 2 fully saturated rings. The highest BCUT2D eigenvalue weighted by atomic mass is 32.2. The summed E-state index contributed by atoms with van der Waals surface area (Å²) < 4.78 is 5.26. The Morgan fingerprint density at radius 1 is 1.00 bits per heavy atom. The van der Waals surface area contributed by atoms with Crippen LogP contribution in [0.3, 0.4) is 0 Å². The first-order valence-electron chi connectivity index (χ1n) is 17.0. The van der Waals surface area contributed by atoms with Gasteiger partial charge in [-0.05, 0) is 79.4 Å². The minimum atomic E-state index is -0.513. The molecule has 4 aromatic rings. The summed E-state index contributed by atoms with van der Waals surface area (Å²) in [6, 6.07) is 30.1. The van der Waals surface area contributed by atoms with Crippen molar-refractivity contribution >= 4 is 51.7 Å². The molecule has 2 aliphatic heterocycles. The van der Waals surface area contributed by atoms with Gasteiger partial charge in [0.2, 0.25) is 17.7 Å². The number of aromatic nitrogens is 1. The Bertz CT molecular complexity index is 1790. The number of hydrogen-bond donors (Lipinski definition) is 1. The lowest BCUT2D eigenvalue weighted by Crippen LogP contribution is -2.43. The second kappa shape index (κ2) is 16.6. The first-order chi connectivity index (χ1) is 24.4. The minimum Gasteiger partial charge on any atom is -0.383 e. The van der Waals surface area contributed by atoms with Crippen LogP contribution in [0.25, 0.3) is 0 Å². The number of hydrogen-bond acceptors (Lipinski definition) is 8. The van der Waals surface area contributed by atoms with E-state index in [9.17, 15) is 14.4 Å². The van der Waals surface area contributed by atoms with Crippen molar-refractivity contribution in [2.45, 2.75) is 44.0 Å². The van der Waals surface area contributed by atoms with Crippen LogP contribution in [-0.2, 0) is 32.1 Å².